The van der Waals surface area contributed by atoms with Crippen molar-refractivity contribution < 1.29 is 14.7 Å². The number of carbonyl (C=O) groups is 2. The van der Waals surface area contributed by atoms with E-state index in [1.807, 2.05) is 23.6 Å². The molecule has 0 atom stereocenters. The maximum Gasteiger partial charge on any atom is 0.261 e. The summed E-state index contributed by atoms with van der Waals surface area (Å²) >= 11 is 1.37. The average molecular weight is 318 g/mol. The summed E-state index contributed by atoms with van der Waals surface area (Å²) in [5.74, 6) is -0.308. The van der Waals surface area contributed by atoms with Gasteiger partial charge in [-0.2, -0.15) is 0 Å². The Morgan fingerprint density at radius 2 is 1.91 bits per heavy atom. The van der Waals surface area contributed by atoms with Crippen LogP contribution in [0.3, 0.4) is 0 Å². The van der Waals surface area contributed by atoms with Crippen molar-refractivity contribution in [1.29, 1.82) is 0 Å². The second kappa shape index (κ2) is 8.31. The third-order valence-corrected chi connectivity index (χ3v) is 3.89. The third kappa shape index (κ3) is 4.98. The van der Waals surface area contributed by atoms with Gasteiger partial charge in [-0.1, -0.05) is 18.2 Å². The van der Waals surface area contributed by atoms with Crippen molar-refractivity contribution in [3.63, 3.8) is 0 Å². The molecule has 0 aliphatic heterocycles. The molecule has 0 saturated heterocycles. The first kappa shape index (κ1) is 16.2. The molecule has 0 aliphatic carbocycles. The third-order valence-electron chi connectivity index (χ3n) is 3.02. The highest BCUT2D eigenvalue weighted by Crippen LogP contribution is 2.10. The van der Waals surface area contributed by atoms with Crippen LogP contribution in [0.2, 0.25) is 0 Å². The van der Waals surface area contributed by atoms with Gasteiger partial charge in [0.05, 0.1) is 4.88 Å². The van der Waals surface area contributed by atoms with Gasteiger partial charge in [0.25, 0.3) is 5.91 Å². The fraction of sp³-hybridized carbons (Fsp3) is 0.250. The molecular formula is C16H18N2O3S. The van der Waals surface area contributed by atoms with Crippen LogP contribution in [0.15, 0.2) is 41.8 Å². The van der Waals surface area contributed by atoms with Crippen LogP contribution in [0.1, 0.15) is 21.7 Å². The number of carbonyl (C=O) groups excluding carboxylic acids is 2. The summed E-state index contributed by atoms with van der Waals surface area (Å²) in [5, 5.41) is 16.2. The molecule has 3 N–H and O–H groups in total. The second-order valence-corrected chi connectivity index (χ2v) is 5.65. The monoisotopic (exact) mass is 318 g/mol. The normalized spacial score (nSPS) is 10.2. The molecule has 2 rings (SSSR count). The summed E-state index contributed by atoms with van der Waals surface area (Å²) in [6, 6.07) is 10.9. The summed E-state index contributed by atoms with van der Waals surface area (Å²) in [4.78, 5) is 24.1. The number of aliphatic hydroxyl groups is 1. The standard InChI is InChI=1S/C16H18N2O3S/c19-10-8-12-3-5-13(6-4-12)18-15(20)7-9-17-16(21)14-2-1-11-22-14/h1-6,11,19H,7-10H2,(H,17,21)(H,18,20). The fourth-order valence-electron chi connectivity index (χ4n) is 1.89. The van der Waals surface area contributed by atoms with Gasteiger partial charge in [0.1, 0.15) is 0 Å². The predicted octanol–water partition coefficient (Wildman–Crippen LogP) is 2.04. The van der Waals surface area contributed by atoms with Crippen LogP contribution in [-0.2, 0) is 11.2 Å². The molecule has 0 radical (unpaired) electrons. The van der Waals surface area contributed by atoms with Crippen LogP contribution in [-0.4, -0.2) is 30.1 Å². The quantitative estimate of drug-likeness (QED) is 0.731. The van der Waals surface area contributed by atoms with Crippen LogP contribution in [0.25, 0.3) is 0 Å². The zero-order valence-corrected chi connectivity index (χ0v) is 12.9. The van der Waals surface area contributed by atoms with Crippen molar-refractivity contribution in [3.05, 3.63) is 52.2 Å². The molecule has 2 aromatic rings. The van der Waals surface area contributed by atoms with E-state index in [1.54, 1.807) is 18.2 Å². The Hall–Kier alpha value is -2.18. The molecule has 1 aromatic carbocycles. The zero-order chi connectivity index (χ0) is 15.8. The highest BCUT2D eigenvalue weighted by atomic mass is 32.1. The number of hydrogen-bond donors (Lipinski definition) is 3. The van der Waals surface area contributed by atoms with Gasteiger partial charge in [0.15, 0.2) is 0 Å². The van der Waals surface area contributed by atoms with E-state index in [2.05, 4.69) is 10.6 Å². The topological polar surface area (TPSA) is 78.4 Å². The Morgan fingerprint density at radius 1 is 1.14 bits per heavy atom. The number of aliphatic hydroxyl groups excluding tert-OH is 1. The SMILES string of the molecule is O=C(CCNC(=O)c1cccs1)Nc1ccc(CCO)cc1. The highest BCUT2D eigenvalue weighted by molar-refractivity contribution is 7.12. The Kier molecular flexibility index (Phi) is 6.12. The lowest BCUT2D eigenvalue weighted by Gasteiger charge is -2.07. The Balaban J connectivity index is 1.72. The van der Waals surface area contributed by atoms with E-state index in [1.165, 1.54) is 11.3 Å². The number of benzene rings is 1. The molecule has 0 saturated carbocycles. The van der Waals surface area contributed by atoms with Gasteiger partial charge >= 0.3 is 0 Å². The first-order chi connectivity index (χ1) is 10.7. The largest absolute Gasteiger partial charge is 0.396 e. The van der Waals surface area contributed by atoms with Crippen molar-refractivity contribution >= 4 is 28.8 Å². The molecule has 0 spiro atoms. The molecule has 0 unspecified atom stereocenters. The number of hydrogen-bond acceptors (Lipinski definition) is 4. The fourth-order valence-corrected chi connectivity index (χ4v) is 2.53. The van der Waals surface area contributed by atoms with E-state index in [9.17, 15) is 9.59 Å². The summed E-state index contributed by atoms with van der Waals surface area (Å²) in [6.45, 7) is 0.404. The Bertz CT molecular complexity index is 609. The highest BCUT2D eigenvalue weighted by Gasteiger charge is 2.07. The van der Waals surface area contributed by atoms with Gasteiger partial charge < -0.3 is 15.7 Å². The minimum absolute atomic E-state index is 0.107. The van der Waals surface area contributed by atoms with E-state index < -0.39 is 0 Å². The van der Waals surface area contributed by atoms with Crippen molar-refractivity contribution in [1.82, 2.24) is 5.32 Å². The van der Waals surface area contributed by atoms with E-state index in [0.29, 0.717) is 23.5 Å². The minimum Gasteiger partial charge on any atom is -0.396 e. The first-order valence-electron chi connectivity index (χ1n) is 7.00. The van der Waals surface area contributed by atoms with Gasteiger partial charge in [0.2, 0.25) is 5.91 Å². The lowest BCUT2D eigenvalue weighted by atomic mass is 10.1. The molecule has 0 fully saturated rings. The van der Waals surface area contributed by atoms with E-state index in [-0.39, 0.29) is 24.8 Å². The number of thiophene rings is 1. The van der Waals surface area contributed by atoms with Crippen molar-refractivity contribution in [3.8, 4) is 0 Å². The van der Waals surface area contributed by atoms with Crippen LogP contribution < -0.4 is 10.6 Å². The van der Waals surface area contributed by atoms with Crippen LogP contribution >= 0.6 is 11.3 Å². The average Bonchev–Trinajstić information content (AvgIpc) is 3.04. The van der Waals surface area contributed by atoms with Crippen LogP contribution in [0, 0.1) is 0 Å². The smallest absolute Gasteiger partial charge is 0.261 e. The summed E-state index contributed by atoms with van der Waals surface area (Å²) in [5.41, 5.74) is 1.72. The molecule has 22 heavy (non-hydrogen) atoms. The lowest BCUT2D eigenvalue weighted by molar-refractivity contribution is -0.116. The number of anilines is 1. The van der Waals surface area contributed by atoms with Crippen molar-refractivity contribution in [2.45, 2.75) is 12.8 Å². The van der Waals surface area contributed by atoms with Gasteiger partial charge in [-0.25, -0.2) is 0 Å². The van der Waals surface area contributed by atoms with Gasteiger partial charge in [0, 0.05) is 25.3 Å². The minimum atomic E-state index is -0.156. The number of nitrogens with one attached hydrogen (secondary N) is 2. The molecular weight excluding hydrogens is 300 g/mol. The summed E-state index contributed by atoms with van der Waals surface area (Å²) < 4.78 is 0. The maximum absolute atomic E-state index is 11.8. The van der Waals surface area contributed by atoms with Crippen molar-refractivity contribution in [2.75, 3.05) is 18.5 Å². The number of amides is 2. The Morgan fingerprint density at radius 3 is 2.55 bits per heavy atom. The maximum atomic E-state index is 11.8. The van der Waals surface area contributed by atoms with Crippen molar-refractivity contribution in [2.24, 2.45) is 0 Å². The van der Waals surface area contributed by atoms with Gasteiger partial charge in [-0.3, -0.25) is 9.59 Å². The molecule has 2 amide bonds. The van der Waals surface area contributed by atoms with Crippen LogP contribution in [0.5, 0.6) is 0 Å². The van der Waals surface area contributed by atoms with E-state index in [4.69, 9.17) is 5.11 Å². The van der Waals surface area contributed by atoms with Crippen LogP contribution in [0.4, 0.5) is 5.69 Å². The van der Waals surface area contributed by atoms with Gasteiger partial charge in [-0.15, -0.1) is 11.3 Å². The molecule has 5 nitrogen and oxygen atoms in total. The predicted molar refractivity (Wildman–Crippen MR) is 87.1 cm³/mol. The number of rotatable bonds is 7. The molecule has 116 valence electrons. The summed E-state index contributed by atoms with van der Waals surface area (Å²) in [6.07, 6.45) is 0.818. The second-order valence-electron chi connectivity index (χ2n) is 4.70. The Labute approximate surface area is 133 Å². The lowest BCUT2D eigenvalue weighted by Crippen LogP contribution is -2.27. The van der Waals surface area contributed by atoms with Gasteiger partial charge in [-0.05, 0) is 35.6 Å². The summed E-state index contributed by atoms with van der Waals surface area (Å²) in [7, 11) is 0. The molecule has 1 aromatic heterocycles. The van der Waals surface area contributed by atoms with E-state index in [0.717, 1.165) is 5.56 Å². The van der Waals surface area contributed by atoms with E-state index >= 15 is 0 Å². The first-order valence-corrected chi connectivity index (χ1v) is 7.88. The molecule has 6 heteroatoms. The zero-order valence-electron chi connectivity index (χ0n) is 12.0. The molecule has 1 heterocycles. The molecule has 0 aliphatic rings. The molecule has 0 bridgehead atoms.